The van der Waals surface area contributed by atoms with Crippen LogP contribution >= 0.6 is 0 Å². The Bertz CT molecular complexity index is 414. The largest absolute Gasteiger partial charge is 0.497 e. The van der Waals surface area contributed by atoms with Gasteiger partial charge in [-0.3, -0.25) is 0 Å². The summed E-state index contributed by atoms with van der Waals surface area (Å²) in [6, 6.07) is 8.86. The molecule has 4 heteroatoms. The Morgan fingerprint density at radius 3 is 2.65 bits per heavy atom. The van der Waals surface area contributed by atoms with E-state index in [1.807, 2.05) is 18.2 Å². The number of nitrogens with zero attached hydrogens (tertiary/aromatic N) is 2. The molecule has 1 aliphatic rings. The molecule has 1 atom stereocenters. The maximum Gasteiger partial charge on any atom is 0.119 e. The monoisotopic (exact) mass is 277 g/mol. The van der Waals surface area contributed by atoms with Crippen LogP contribution in [0.3, 0.4) is 0 Å². The van der Waals surface area contributed by atoms with Gasteiger partial charge in [-0.05, 0) is 57.7 Å². The zero-order valence-electron chi connectivity index (χ0n) is 12.9. The van der Waals surface area contributed by atoms with E-state index in [0.717, 1.165) is 37.0 Å². The molecule has 1 aromatic rings. The van der Waals surface area contributed by atoms with Crippen molar-refractivity contribution in [3.8, 4) is 5.75 Å². The van der Waals surface area contributed by atoms with Gasteiger partial charge in [0, 0.05) is 18.6 Å². The van der Waals surface area contributed by atoms with E-state index < -0.39 is 0 Å². The molecule has 4 nitrogen and oxygen atoms in total. The average Bonchev–Trinajstić information content (AvgIpc) is 2.47. The summed E-state index contributed by atoms with van der Waals surface area (Å²) in [5, 5.41) is 0. The van der Waals surface area contributed by atoms with Gasteiger partial charge in [0.15, 0.2) is 0 Å². The van der Waals surface area contributed by atoms with Gasteiger partial charge in [0.1, 0.15) is 5.75 Å². The molecular formula is C16H27N3O. The third kappa shape index (κ3) is 3.95. The standard InChI is InChI=1S/C16H27N3O/c1-18(2)14-7-9-19(10-8-14)12-16(17)13-5-4-6-15(11-13)20-3/h4-6,11,14,16H,7-10,12,17H2,1-3H3. The highest BCUT2D eigenvalue weighted by Crippen LogP contribution is 2.20. The van der Waals surface area contributed by atoms with E-state index >= 15 is 0 Å². The van der Waals surface area contributed by atoms with Gasteiger partial charge in [0.25, 0.3) is 0 Å². The van der Waals surface area contributed by atoms with Crippen LogP contribution in [0.2, 0.25) is 0 Å². The van der Waals surface area contributed by atoms with Crippen molar-refractivity contribution in [2.75, 3.05) is 40.8 Å². The lowest BCUT2D eigenvalue weighted by Gasteiger charge is -2.36. The minimum absolute atomic E-state index is 0.0565. The van der Waals surface area contributed by atoms with E-state index in [0.29, 0.717) is 0 Å². The van der Waals surface area contributed by atoms with Crippen LogP contribution in [0.15, 0.2) is 24.3 Å². The normalized spacial score (nSPS) is 19.2. The van der Waals surface area contributed by atoms with E-state index in [1.165, 1.54) is 12.8 Å². The second-order valence-corrected chi connectivity index (χ2v) is 5.88. The molecule has 1 aliphatic heterocycles. The molecule has 0 aromatic heterocycles. The first-order valence-electron chi connectivity index (χ1n) is 7.38. The minimum Gasteiger partial charge on any atom is -0.497 e. The van der Waals surface area contributed by atoms with E-state index in [4.69, 9.17) is 10.5 Å². The summed E-state index contributed by atoms with van der Waals surface area (Å²) >= 11 is 0. The van der Waals surface area contributed by atoms with Gasteiger partial charge in [-0.15, -0.1) is 0 Å². The van der Waals surface area contributed by atoms with Gasteiger partial charge in [0.2, 0.25) is 0 Å². The van der Waals surface area contributed by atoms with Crippen LogP contribution in [0.1, 0.15) is 24.4 Å². The molecule has 112 valence electrons. The van der Waals surface area contributed by atoms with Crippen molar-refractivity contribution in [2.45, 2.75) is 24.9 Å². The fourth-order valence-electron chi connectivity index (χ4n) is 2.87. The van der Waals surface area contributed by atoms with Gasteiger partial charge >= 0.3 is 0 Å². The fraction of sp³-hybridized carbons (Fsp3) is 0.625. The molecule has 1 unspecified atom stereocenters. The SMILES string of the molecule is COc1cccc(C(N)CN2CCC(N(C)C)CC2)c1. The molecule has 0 radical (unpaired) electrons. The molecule has 20 heavy (non-hydrogen) atoms. The molecule has 1 aromatic carbocycles. The molecule has 1 fully saturated rings. The fourth-order valence-corrected chi connectivity index (χ4v) is 2.87. The zero-order valence-corrected chi connectivity index (χ0v) is 12.9. The lowest BCUT2D eigenvalue weighted by atomic mass is 10.0. The predicted octanol–water partition coefficient (Wildman–Crippen LogP) is 1.72. The predicted molar refractivity (Wildman–Crippen MR) is 83.1 cm³/mol. The van der Waals surface area contributed by atoms with Crippen LogP contribution in [0.4, 0.5) is 0 Å². The Kier molecular flexibility index (Phi) is 5.40. The third-order valence-corrected chi connectivity index (χ3v) is 4.26. The van der Waals surface area contributed by atoms with Crippen LogP contribution in [0.25, 0.3) is 0 Å². The zero-order chi connectivity index (χ0) is 14.5. The topological polar surface area (TPSA) is 41.7 Å². The molecule has 1 saturated heterocycles. The Morgan fingerprint density at radius 1 is 1.35 bits per heavy atom. The first-order chi connectivity index (χ1) is 9.60. The average molecular weight is 277 g/mol. The molecule has 0 saturated carbocycles. The number of rotatable bonds is 5. The molecule has 0 aliphatic carbocycles. The molecule has 0 bridgehead atoms. The van der Waals surface area contributed by atoms with Crippen molar-refractivity contribution >= 4 is 0 Å². The number of hydrogen-bond donors (Lipinski definition) is 1. The third-order valence-electron chi connectivity index (χ3n) is 4.26. The van der Waals surface area contributed by atoms with Crippen molar-refractivity contribution in [3.05, 3.63) is 29.8 Å². The Balaban J connectivity index is 1.87. The molecular weight excluding hydrogens is 250 g/mol. The van der Waals surface area contributed by atoms with Gasteiger partial charge in [0.05, 0.1) is 7.11 Å². The smallest absolute Gasteiger partial charge is 0.119 e. The van der Waals surface area contributed by atoms with Gasteiger partial charge in [-0.1, -0.05) is 12.1 Å². The molecule has 2 rings (SSSR count). The summed E-state index contributed by atoms with van der Waals surface area (Å²) in [6.45, 7) is 3.20. The van der Waals surface area contributed by atoms with Crippen LogP contribution in [-0.2, 0) is 0 Å². The highest BCUT2D eigenvalue weighted by molar-refractivity contribution is 5.30. The maximum absolute atomic E-state index is 6.34. The Labute approximate surface area is 122 Å². The van der Waals surface area contributed by atoms with E-state index in [1.54, 1.807) is 7.11 Å². The summed E-state index contributed by atoms with van der Waals surface area (Å²) in [4.78, 5) is 4.81. The lowest BCUT2D eigenvalue weighted by Crippen LogP contribution is -2.44. The molecule has 0 spiro atoms. The van der Waals surface area contributed by atoms with Gasteiger partial charge in [-0.25, -0.2) is 0 Å². The Morgan fingerprint density at radius 2 is 2.05 bits per heavy atom. The van der Waals surface area contributed by atoms with E-state index in [2.05, 4.69) is 30.0 Å². The highest BCUT2D eigenvalue weighted by Gasteiger charge is 2.22. The Hall–Kier alpha value is -1.10. The maximum atomic E-state index is 6.34. The van der Waals surface area contributed by atoms with Crippen molar-refractivity contribution in [2.24, 2.45) is 5.73 Å². The van der Waals surface area contributed by atoms with Crippen molar-refractivity contribution < 1.29 is 4.74 Å². The summed E-state index contributed by atoms with van der Waals surface area (Å²) in [7, 11) is 6.03. The molecule has 0 amide bonds. The van der Waals surface area contributed by atoms with Crippen LogP contribution in [0, 0.1) is 0 Å². The quantitative estimate of drug-likeness (QED) is 0.890. The minimum atomic E-state index is 0.0565. The van der Waals surface area contributed by atoms with Crippen molar-refractivity contribution in [1.82, 2.24) is 9.80 Å². The van der Waals surface area contributed by atoms with Crippen LogP contribution in [-0.4, -0.2) is 56.7 Å². The van der Waals surface area contributed by atoms with Gasteiger partial charge in [-0.2, -0.15) is 0 Å². The summed E-state index contributed by atoms with van der Waals surface area (Å²) in [5.41, 5.74) is 7.49. The van der Waals surface area contributed by atoms with Crippen molar-refractivity contribution in [1.29, 1.82) is 0 Å². The van der Waals surface area contributed by atoms with E-state index in [9.17, 15) is 0 Å². The number of benzene rings is 1. The number of likely N-dealkylation sites (tertiary alicyclic amines) is 1. The summed E-state index contributed by atoms with van der Waals surface area (Å²) in [6.07, 6.45) is 2.47. The number of methoxy groups -OCH3 is 1. The second-order valence-electron chi connectivity index (χ2n) is 5.88. The van der Waals surface area contributed by atoms with Gasteiger partial charge < -0.3 is 20.3 Å². The first-order valence-corrected chi connectivity index (χ1v) is 7.38. The number of hydrogen-bond acceptors (Lipinski definition) is 4. The number of ether oxygens (including phenoxy) is 1. The highest BCUT2D eigenvalue weighted by atomic mass is 16.5. The number of nitrogens with two attached hydrogens (primary N) is 1. The number of piperidine rings is 1. The molecule has 1 heterocycles. The first kappa shape index (κ1) is 15.3. The summed E-state index contributed by atoms with van der Waals surface area (Å²) in [5.74, 6) is 0.879. The second kappa shape index (κ2) is 7.07. The lowest BCUT2D eigenvalue weighted by molar-refractivity contribution is 0.139. The van der Waals surface area contributed by atoms with E-state index in [-0.39, 0.29) is 6.04 Å². The van der Waals surface area contributed by atoms with Crippen molar-refractivity contribution in [3.63, 3.8) is 0 Å². The molecule has 2 N–H and O–H groups in total. The van der Waals surface area contributed by atoms with Crippen LogP contribution < -0.4 is 10.5 Å². The van der Waals surface area contributed by atoms with Crippen LogP contribution in [0.5, 0.6) is 5.75 Å². The summed E-state index contributed by atoms with van der Waals surface area (Å²) < 4.78 is 5.26.